The Labute approximate surface area is 355 Å². The molecule has 0 saturated heterocycles. The lowest BCUT2D eigenvalue weighted by Crippen LogP contribution is -2.66. The number of hydrogen-bond acceptors (Lipinski definition) is 2. The lowest BCUT2D eigenvalue weighted by atomic mass is 10.1. The summed E-state index contributed by atoms with van der Waals surface area (Å²) in [6.07, 6.45) is 0. The Bertz CT molecular complexity index is 2770. The molecule has 0 aliphatic heterocycles. The van der Waals surface area contributed by atoms with Crippen LogP contribution in [0.1, 0.15) is 40.8 Å². The van der Waals surface area contributed by atoms with Crippen LogP contribution in [0.5, 0.6) is 0 Å². The number of hydrogen-bond donors (Lipinski definition) is 1. The standard InChI is InChI=1S/C54H48N2OP2.CH4/c1-37-33-39(3)51(40(4)34-37)55-58(43-21-11-7-12-22-43,44-23-13-8-14-24-44)49-31-19-29-47-48-30-20-32-50(54(48)57-53(47)49)59(45-25-15-9-16-26-45,46-27-17-10-18-28-46)56-52-41(5)35-38(2)36-42(52)6;/h7-36H,1-6H3;1H4/p+1. The van der Waals surface area contributed by atoms with Gasteiger partial charge in [-0.1, -0.05) is 152 Å². The molecule has 0 aliphatic carbocycles. The molecule has 9 aromatic rings. The molecule has 0 amide bonds. The van der Waals surface area contributed by atoms with E-state index in [0.717, 1.165) is 43.9 Å². The predicted molar refractivity (Wildman–Crippen MR) is 262 cm³/mol. The number of benzene rings is 8. The number of nitrogens with one attached hydrogen (secondary N) is 1. The highest BCUT2D eigenvalue weighted by Gasteiger charge is 2.39. The smallest absolute Gasteiger partial charge is 0.205 e. The van der Waals surface area contributed by atoms with E-state index in [2.05, 4.69) is 228 Å². The molecule has 0 fully saturated rings. The van der Waals surface area contributed by atoms with Crippen LogP contribution in [0.4, 0.5) is 11.4 Å². The maximum Gasteiger partial charge on any atom is 0.205 e. The van der Waals surface area contributed by atoms with Crippen molar-refractivity contribution in [1.29, 1.82) is 0 Å². The number of nitrogens with zero attached hydrogens (tertiary/aromatic N) is 1. The van der Waals surface area contributed by atoms with Gasteiger partial charge in [-0.2, -0.15) is 0 Å². The monoisotopic (exact) mass is 819 g/mol. The van der Waals surface area contributed by atoms with Crippen LogP contribution in [-0.2, 0) is 0 Å². The van der Waals surface area contributed by atoms with Crippen LogP contribution in [0.3, 0.4) is 0 Å². The first-order valence-electron chi connectivity index (χ1n) is 20.3. The van der Waals surface area contributed by atoms with E-state index in [4.69, 9.17) is 9.16 Å². The average molecular weight is 820 g/mol. The van der Waals surface area contributed by atoms with Gasteiger partial charge in [0.2, 0.25) is 5.69 Å². The van der Waals surface area contributed by atoms with Crippen molar-refractivity contribution < 1.29 is 9.16 Å². The second-order valence-corrected chi connectivity index (χ2v) is 21.9. The second-order valence-electron chi connectivity index (χ2n) is 15.8. The first-order valence-corrected chi connectivity index (χ1v) is 23.9. The summed E-state index contributed by atoms with van der Waals surface area (Å²) in [4.78, 5) is 0. The Morgan fingerprint density at radius 2 is 0.800 bits per heavy atom. The Hall–Kier alpha value is -5.98. The van der Waals surface area contributed by atoms with Crippen LogP contribution in [-0.4, -0.2) is 0 Å². The van der Waals surface area contributed by atoms with Gasteiger partial charge in [-0.05, 0) is 101 Å². The zero-order chi connectivity index (χ0) is 40.7. The molecule has 3 nitrogen and oxygen atoms in total. The summed E-state index contributed by atoms with van der Waals surface area (Å²) in [5.41, 5.74) is 11.3. The number of fused-ring (bicyclic) bond motifs is 3. The van der Waals surface area contributed by atoms with Gasteiger partial charge >= 0.3 is 0 Å². The minimum absolute atomic E-state index is 0. The quantitative estimate of drug-likeness (QED) is 0.152. The third-order valence-electron chi connectivity index (χ3n) is 11.6. The van der Waals surface area contributed by atoms with Crippen LogP contribution < -0.4 is 36.6 Å². The van der Waals surface area contributed by atoms with Gasteiger partial charge in [0, 0.05) is 48.4 Å². The minimum atomic E-state index is -2.76. The summed E-state index contributed by atoms with van der Waals surface area (Å²) in [5, 5.41) is 9.27. The molecule has 0 atom stereocenters. The predicted octanol–water partition coefficient (Wildman–Crippen LogP) is 11.8. The molecular weight excluding hydrogens is 767 g/mol. The van der Waals surface area contributed by atoms with Crippen molar-refractivity contribution in [3.05, 3.63) is 215 Å². The van der Waals surface area contributed by atoms with Crippen molar-refractivity contribution in [1.82, 2.24) is 0 Å². The van der Waals surface area contributed by atoms with Crippen LogP contribution in [0.15, 0.2) is 191 Å². The molecule has 1 N–H and O–H groups in total. The van der Waals surface area contributed by atoms with Crippen molar-refractivity contribution in [2.75, 3.05) is 0 Å². The highest BCUT2D eigenvalue weighted by atomic mass is 31.2. The highest BCUT2D eigenvalue weighted by molar-refractivity contribution is 7.88. The summed E-state index contributed by atoms with van der Waals surface area (Å²) in [5.74, 6) is 0. The molecule has 0 bridgehead atoms. The van der Waals surface area contributed by atoms with Gasteiger partial charge in [-0.15, -0.1) is 0 Å². The third kappa shape index (κ3) is 6.91. The van der Waals surface area contributed by atoms with E-state index in [1.54, 1.807) is 0 Å². The number of aryl methyl sites for hydroxylation is 6. The summed E-state index contributed by atoms with van der Waals surface area (Å²) in [7, 11) is -5.41. The van der Waals surface area contributed by atoms with Gasteiger partial charge in [0.05, 0.1) is 18.0 Å². The molecule has 1 heterocycles. The summed E-state index contributed by atoms with van der Waals surface area (Å²) >= 11 is 0. The molecule has 0 spiro atoms. The van der Waals surface area contributed by atoms with E-state index in [1.165, 1.54) is 54.6 Å². The van der Waals surface area contributed by atoms with Crippen molar-refractivity contribution in [3.8, 4) is 0 Å². The zero-order valence-corrected chi connectivity index (χ0v) is 36.4. The molecule has 60 heavy (non-hydrogen) atoms. The van der Waals surface area contributed by atoms with Crippen molar-refractivity contribution >= 4 is 79.2 Å². The Morgan fingerprint density at radius 1 is 0.417 bits per heavy atom. The van der Waals surface area contributed by atoms with Crippen molar-refractivity contribution in [2.45, 2.75) is 49.0 Å². The SMILES string of the molecule is C.Cc1cc(C)c(N=P(c2ccccc2)(c2ccccc2)c2cccc3c2oc2c(P(=[NH+]c4c(C)cc(C)cc4C)(c4ccccc4)c4ccccc4)cccc23)c(C)c1. The van der Waals surface area contributed by atoms with E-state index >= 15 is 0 Å². The first kappa shape index (κ1) is 40.8. The molecule has 0 unspecified atom stereocenters. The molecular formula is C55H53N2OP2+. The Balaban J connectivity index is 0.00000499. The van der Waals surface area contributed by atoms with Gasteiger partial charge < -0.3 is 4.42 Å². The summed E-state index contributed by atoms with van der Waals surface area (Å²) in [6, 6.07) is 66.3. The average Bonchev–Trinajstić information content (AvgIpc) is 3.64. The van der Waals surface area contributed by atoms with E-state index in [1.807, 2.05) is 0 Å². The van der Waals surface area contributed by atoms with E-state index in [9.17, 15) is 0 Å². The minimum Gasteiger partial charge on any atom is -0.454 e. The van der Waals surface area contributed by atoms with Gasteiger partial charge in [-0.25, -0.2) is 4.74 Å². The van der Waals surface area contributed by atoms with E-state index < -0.39 is 14.1 Å². The lowest BCUT2D eigenvalue weighted by Gasteiger charge is -2.28. The highest BCUT2D eigenvalue weighted by Crippen LogP contribution is 2.53. The largest absolute Gasteiger partial charge is 0.454 e. The van der Waals surface area contributed by atoms with E-state index in [-0.39, 0.29) is 7.43 Å². The Morgan fingerprint density at radius 3 is 1.25 bits per heavy atom. The van der Waals surface area contributed by atoms with E-state index in [0.29, 0.717) is 0 Å². The number of furan rings is 1. The topological polar surface area (TPSA) is 39.5 Å². The summed E-state index contributed by atoms with van der Waals surface area (Å²) < 4.78 is 18.0. The molecule has 0 saturated carbocycles. The molecule has 1 aromatic heterocycles. The molecule has 8 aromatic carbocycles. The molecule has 9 rings (SSSR count). The van der Waals surface area contributed by atoms with Gasteiger partial charge in [0.15, 0.2) is 7.05 Å². The Kier molecular flexibility index (Phi) is 11.3. The fourth-order valence-corrected chi connectivity index (χ4v) is 16.8. The second kappa shape index (κ2) is 16.6. The fraction of sp³-hybridized carbons (Fsp3) is 0.127. The van der Waals surface area contributed by atoms with Crippen LogP contribution in [0.25, 0.3) is 21.9 Å². The lowest BCUT2D eigenvalue weighted by molar-refractivity contribution is -0.327. The molecule has 0 aliphatic rings. The molecule has 298 valence electrons. The number of rotatable bonds is 8. The zero-order valence-electron chi connectivity index (χ0n) is 34.6. The maximum absolute atomic E-state index is 7.60. The van der Waals surface area contributed by atoms with Crippen LogP contribution in [0, 0.1) is 41.5 Å². The molecule has 0 radical (unpaired) electrons. The van der Waals surface area contributed by atoms with Crippen molar-refractivity contribution in [3.63, 3.8) is 0 Å². The number of para-hydroxylation sites is 2. The van der Waals surface area contributed by atoms with Crippen LogP contribution >= 0.6 is 14.1 Å². The van der Waals surface area contributed by atoms with Crippen LogP contribution in [0.2, 0.25) is 0 Å². The maximum atomic E-state index is 7.60. The fourth-order valence-electron chi connectivity index (χ4n) is 9.12. The van der Waals surface area contributed by atoms with Crippen molar-refractivity contribution in [2.24, 2.45) is 4.74 Å². The first-order chi connectivity index (χ1) is 28.7. The normalized spacial score (nSPS) is 11.7. The summed E-state index contributed by atoms with van der Waals surface area (Å²) in [6.45, 7) is 13.2. The molecule has 5 heteroatoms. The van der Waals surface area contributed by atoms with Gasteiger partial charge in [0.25, 0.3) is 0 Å². The van der Waals surface area contributed by atoms with Gasteiger partial charge in [-0.3, -0.25) is 4.74 Å². The van der Waals surface area contributed by atoms with Gasteiger partial charge in [0.1, 0.15) is 11.2 Å². The third-order valence-corrected chi connectivity index (χ3v) is 19.0.